The van der Waals surface area contributed by atoms with Crippen LogP contribution in [0.2, 0.25) is 0 Å². The van der Waals surface area contributed by atoms with Crippen LogP contribution in [-0.2, 0) is 13.1 Å². The standard InChI is InChI=1S/C16H14F2N2/c17-14-3-1-12(8-15(14)18)10-19-9-11-2-4-16-13(7-11)5-6-20-16/h1-8,19-20H,9-10H2. The van der Waals surface area contributed by atoms with Gasteiger partial charge >= 0.3 is 0 Å². The molecule has 2 N–H and O–H groups in total. The highest BCUT2D eigenvalue weighted by molar-refractivity contribution is 5.79. The molecule has 0 aliphatic heterocycles. The zero-order chi connectivity index (χ0) is 13.9. The lowest BCUT2D eigenvalue weighted by Gasteiger charge is -2.06. The van der Waals surface area contributed by atoms with Crippen molar-refractivity contribution >= 4 is 10.9 Å². The Kier molecular flexibility index (Phi) is 3.48. The van der Waals surface area contributed by atoms with E-state index in [1.54, 1.807) is 6.07 Å². The molecule has 20 heavy (non-hydrogen) atoms. The van der Waals surface area contributed by atoms with E-state index in [2.05, 4.69) is 16.4 Å². The zero-order valence-corrected chi connectivity index (χ0v) is 10.8. The van der Waals surface area contributed by atoms with Crippen molar-refractivity contribution in [2.45, 2.75) is 13.1 Å². The molecule has 0 unspecified atom stereocenters. The fraction of sp³-hybridized carbons (Fsp3) is 0.125. The SMILES string of the molecule is Fc1ccc(CNCc2ccc3[nH]ccc3c2)cc1F. The molecule has 0 saturated carbocycles. The van der Waals surface area contributed by atoms with Gasteiger partial charge < -0.3 is 10.3 Å². The molecule has 3 rings (SSSR count). The summed E-state index contributed by atoms with van der Waals surface area (Å²) in [5.41, 5.74) is 2.99. The molecule has 0 radical (unpaired) electrons. The van der Waals surface area contributed by atoms with Crippen LogP contribution in [0.3, 0.4) is 0 Å². The van der Waals surface area contributed by atoms with Crippen molar-refractivity contribution in [1.29, 1.82) is 0 Å². The van der Waals surface area contributed by atoms with Gasteiger partial charge in [-0.3, -0.25) is 0 Å². The van der Waals surface area contributed by atoms with E-state index in [9.17, 15) is 8.78 Å². The van der Waals surface area contributed by atoms with Gasteiger partial charge in [0.25, 0.3) is 0 Å². The second-order valence-corrected chi connectivity index (χ2v) is 4.75. The molecule has 0 fully saturated rings. The second-order valence-electron chi connectivity index (χ2n) is 4.75. The molecule has 0 spiro atoms. The summed E-state index contributed by atoms with van der Waals surface area (Å²) < 4.78 is 25.9. The molecule has 3 aromatic rings. The number of hydrogen-bond acceptors (Lipinski definition) is 1. The molecule has 0 saturated heterocycles. The predicted molar refractivity (Wildman–Crippen MR) is 75.2 cm³/mol. The number of H-pyrrole nitrogens is 1. The van der Waals surface area contributed by atoms with Crippen molar-refractivity contribution in [2.24, 2.45) is 0 Å². The maximum atomic E-state index is 13.1. The van der Waals surface area contributed by atoms with Gasteiger partial charge in [-0.15, -0.1) is 0 Å². The minimum atomic E-state index is -0.813. The van der Waals surface area contributed by atoms with Crippen LogP contribution in [0.4, 0.5) is 8.78 Å². The number of aromatic nitrogens is 1. The first-order chi connectivity index (χ1) is 9.72. The normalized spacial score (nSPS) is 11.1. The fourth-order valence-electron chi connectivity index (χ4n) is 2.21. The molecular formula is C16H14F2N2. The van der Waals surface area contributed by atoms with Crippen LogP contribution < -0.4 is 5.32 Å². The Labute approximate surface area is 115 Å². The number of aromatic amines is 1. The summed E-state index contributed by atoms with van der Waals surface area (Å²) in [4.78, 5) is 3.14. The number of hydrogen-bond donors (Lipinski definition) is 2. The highest BCUT2D eigenvalue weighted by Crippen LogP contribution is 2.14. The van der Waals surface area contributed by atoms with Gasteiger partial charge in [-0.25, -0.2) is 8.78 Å². The molecule has 0 aliphatic carbocycles. The van der Waals surface area contributed by atoms with Gasteiger partial charge in [-0.2, -0.15) is 0 Å². The van der Waals surface area contributed by atoms with Gasteiger partial charge in [0.15, 0.2) is 11.6 Å². The largest absolute Gasteiger partial charge is 0.361 e. The minimum absolute atomic E-state index is 0.502. The van der Waals surface area contributed by atoms with Crippen molar-refractivity contribution in [3.63, 3.8) is 0 Å². The van der Waals surface area contributed by atoms with Gasteiger partial charge in [0.2, 0.25) is 0 Å². The lowest BCUT2D eigenvalue weighted by Crippen LogP contribution is -2.12. The lowest BCUT2D eigenvalue weighted by atomic mass is 10.1. The molecule has 1 heterocycles. The Morgan fingerprint density at radius 1 is 0.850 bits per heavy atom. The van der Waals surface area contributed by atoms with Crippen molar-refractivity contribution in [3.8, 4) is 0 Å². The van der Waals surface area contributed by atoms with Crippen LogP contribution >= 0.6 is 0 Å². The third kappa shape index (κ3) is 2.70. The van der Waals surface area contributed by atoms with Crippen LogP contribution in [0.1, 0.15) is 11.1 Å². The van der Waals surface area contributed by atoms with E-state index in [4.69, 9.17) is 0 Å². The topological polar surface area (TPSA) is 27.8 Å². The Bertz CT molecular complexity index is 734. The highest BCUT2D eigenvalue weighted by atomic mass is 19.2. The number of rotatable bonds is 4. The summed E-state index contributed by atoms with van der Waals surface area (Å²) in [5, 5.41) is 4.39. The molecule has 2 nitrogen and oxygen atoms in total. The van der Waals surface area contributed by atoms with Crippen molar-refractivity contribution in [1.82, 2.24) is 10.3 Å². The molecule has 2 aromatic carbocycles. The Morgan fingerprint density at radius 3 is 2.40 bits per heavy atom. The van der Waals surface area contributed by atoms with Crippen LogP contribution in [0.25, 0.3) is 10.9 Å². The van der Waals surface area contributed by atoms with E-state index in [1.807, 2.05) is 24.4 Å². The summed E-state index contributed by atoms with van der Waals surface area (Å²) in [7, 11) is 0. The molecule has 1 aromatic heterocycles. The molecule has 0 aliphatic rings. The smallest absolute Gasteiger partial charge is 0.159 e. The van der Waals surface area contributed by atoms with E-state index in [-0.39, 0.29) is 0 Å². The Balaban J connectivity index is 1.62. The van der Waals surface area contributed by atoms with E-state index >= 15 is 0 Å². The summed E-state index contributed by atoms with van der Waals surface area (Å²) in [6.07, 6.45) is 1.91. The van der Waals surface area contributed by atoms with Gasteiger partial charge in [0.05, 0.1) is 0 Å². The highest BCUT2D eigenvalue weighted by Gasteiger charge is 2.02. The summed E-state index contributed by atoms with van der Waals surface area (Å²) in [5.74, 6) is -1.62. The van der Waals surface area contributed by atoms with Gasteiger partial charge in [0, 0.05) is 24.8 Å². The number of fused-ring (bicyclic) bond motifs is 1. The summed E-state index contributed by atoms with van der Waals surface area (Å²) >= 11 is 0. The number of halogens is 2. The zero-order valence-electron chi connectivity index (χ0n) is 10.8. The average Bonchev–Trinajstić information content (AvgIpc) is 2.90. The molecule has 102 valence electrons. The number of nitrogens with one attached hydrogen (secondary N) is 2. The molecule has 0 bridgehead atoms. The van der Waals surface area contributed by atoms with E-state index in [0.717, 1.165) is 28.1 Å². The second kappa shape index (κ2) is 5.43. The number of benzene rings is 2. The first-order valence-electron chi connectivity index (χ1n) is 6.43. The quantitative estimate of drug-likeness (QED) is 0.744. The third-order valence-corrected chi connectivity index (χ3v) is 3.26. The molecular weight excluding hydrogens is 258 g/mol. The summed E-state index contributed by atoms with van der Waals surface area (Å²) in [6.45, 7) is 1.18. The first-order valence-corrected chi connectivity index (χ1v) is 6.43. The van der Waals surface area contributed by atoms with Crippen LogP contribution in [-0.4, -0.2) is 4.98 Å². The van der Waals surface area contributed by atoms with Crippen LogP contribution in [0.15, 0.2) is 48.7 Å². The lowest BCUT2D eigenvalue weighted by molar-refractivity contribution is 0.506. The fourth-order valence-corrected chi connectivity index (χ4v) is 2.21. The van der Waals surface area contributed by atoms with Crippen molar-refractivity contribution < 1.29 is 8.78 Å². The molecule has 0 atom stereocenters. The van der Waals surface area contributed by atoms with E-state index in [1.165, 1.54) is 6.07 Å². The van der Waals surface area contributed by atoms with Gasteiger partial charge in [-0.1, -0.05) is 12.1 Å². The minimum Gasteiger partial charge on any atom is -0.361 e. The summed E-state index contributed by atoms with van der Waals surface area (Å²) in [6, 6.07) is 12.1. The van der Waals surface area contributed by atoms with E-state index < -0.39 is 11.6 Å². The maximum absolute atomic E-state index is 13.1. The van der Waals surface area contributed by atoms with Crippen molar-refractivity contribution in [3.05, 3.63) is 71.4 Å². The predicted octanol–water partition coefficient (Wildman–Crippen LogP) is 3.74. The maximum Gasteiger partial charge on any atom is 0.159 e. The third-order valence-electron chi connectivity index (χ3n) is 3.26. The Hall–Kier alpha value is -2.20. The van der Waals surface area contributed by atoms with Gasteiger partial charge in [0.1, 0.15) is 0 Å². The van der Waals surface area contributed by atoms with Crippen LogP contribution in [0.5, 0.6) is 0 Å². The van der Waals surface area contributed by atoms with Gasteiger partial charge in [-0.05, 0) is 46.8 Å². The molecule has 0 amide bonds. The van der Waals surface area contributed by atoms with Crippen molar-refractivity contribution in [2.75, 3.05) is 0 Å². The first kappa shape index (κ1) is 12.8. The molecule has 4 heteroatoms. The monoisotopic (exact) mass is 272 g/mol. The van der Waals surface area contributed by atoms with Crippen LogP contribution in [0, 0.1) is 11.6 Å². The average molecular weight is 272 g/mol. The van der Waals surface area contributed by atoms with E-state index in [0.29, 0.717) is 13.1 Å². The Morgan fingerprint density at radius 2 is 1.60 bits per heavy atom.